The molecule has 0 saturated heterocycles. The number of hydrogen-bond donors (Lipinski definition) is 2. The first-order valence-electron chi connectivity index (χ1n) is 10.3. The summed E-state index contributed by atoms with van der Waals surface area (Å²) in [5.41, 5.74) is 2.77. The average molecular weight is 456 g/mol. The van der Waals surface area contributed by atoms with Crippen LogP contribution >= 0.6 is 12.2 Å². The van der Waals surface area contributed by atoms with Gasteiger partial charge >= 0.3 is 5.97 Å². The fourth-order valence-electron chi connectivity index (χ4n) is 3.26. The number of carbonyl (C=O) groups is 2. The van der Waals surface area contributed by atoms with Gasteiger partial charge in [-0.15, -0.1) is 0 Å². The maximum Gasteiger partial charge on any atom is 0.338 e. The normalized spacial score (nSPS) is 16.1. The predicted octanol–water partition coefficient (Wildman–Crippen LogP) is 4.41. The van der Waals surface area contributed by atoms with Crippen molar-refractivity contribution in [2.24, 2.45) is 5.92 Å². The second-order valence-corrected chi connectivity index (χ2v) is 8.41. The zero-order valence-corrected chi connectivity index (χ0v) is 19.3. The Bertz CT molecular complexity index is 1070. The number of allylic oxidation sites excluding steroid dienone is 1. The second-order valence-electron chi connectivity index (χ2n) is 8.02. The van der Waals surface area contributed by atoms with Crippen molar-refractivity contribution >= 4 is 34.9 Å². The molecule has 1 unspecified atom stereocenters. The van der Waals surface area contributed by atoms with Gasteiger partial charge in [-0.2, -0.15) is 0 Å². The van der Waals surface area contributed by atoms with Crippen molar-refractivity contribution in [2.45, 2.75) is 26.8 Å². The molecule has 32 heavy (non-hydrogen) atoms. The Morgan fingerprint density at radius 1 is 1.22 bits per heavy atom. The van der Waals surface area contributed by atoms with Crippen molar-refractivity contribution in [1.82, 2.24) is 10.2 Å². The van der Waals surface area contributed by atoms with E-state index in [2.05, 4.69) is 10.6 Å². The molecule has 2 N–H and O–H groups in total. The van der Waals surface area contributed by atoms with E-state index in [-0.39, 0.29) is 11.5 Å². The highest BCUT2D eigenvalue weighted by molar-refractivity contribution is 7.80. The molecule has 0 aliphatic carbocycles. The summed E-state index contributed by atoms with van der Waals surface area (Å²) in [5.74, 6) is -1.07. The molecule has 0 saturated carbocycles. The summed E-state index contributed by atoms with van der Waals surface area (Å²) < 4.78 is 18.9. The maximum absolute atomic E-state index is 13.4. The lowest BCUT2D eigenvalue weighted by atomic mass is 9.95. The minimum absolute atomic E-state index is 0.217. The van der Waals surface area contributed by atoms with Gasteiger partial charge in [0.05, 0.1) is 18.2 Å². The second kappa shape index (κ2) is 9.91. The molecule has 2 aromatic carbocycles. The lowest BCUT2D eigenvalue weighted by Crippen LogP contribution is -2.46. The number of carbonyl (C=O) groups excluding carboxylic acids is 2. The van der Waals surface area contributed by atoms with Crippen LogP contribution in [0.2, 0.25) is 0 Å². The zero-order valence-electron chi connectivity index (χ0n) is 18.4. The van der Waals surface area contributed by atoms with Crippen molar-refractivity contribution in [1.29, 1.82) is 0 Å². The Kier molecular flexibility index (Phi) is 7.25. The Morgan fingerprint density at radius 2 is 1.91 bits per heavy atom. The van der Waals surface area contributed by atoms with E-state index in [1.807, 2.05) is 20.8 Å². The van der Waals surface area contributed by atoms with Crippen LogP contribution in [0.5, 0.6) is 0 Å². The van der Waals surface area contributed by atoms with Crippen LogP contribution < -0.4 is 10.6 Å². The third kappa shape index (κ3) is 5.31. The summed E-state index contributed by atoms with van der Waals surface area (Å²) in [6.07, 6.45) is 0. The van der Waals surface area contributed by atoms with E-state index in [1.165, 1.54) is 18.2 Å². The molecule has 1 heterocycles. The van der Waals surface area contributed by atoms with Crippen molar-refractivity contribution in [2.75, 3.05) is 19.0 Å². The Morgan fingerprint density at radius 3 is 2.53 bits per heavy atom. The van der Waals surface area contributed by atoms with Crippen molar-refractivity contribution < 1.29 is 18.7 Å². The number of hydrogen-bond acceptors (Lipinski definition) is 4. The van der Waals surface area contributed by atoms with Crippen LogP contribution in [0.1, 0.15) is 42.7 Å². The number of nitrogens with zero attached hydrogens (tertiary/aromatic N) is 1. The number of nitrogens with one attached hydrogen (secondary N) is 2. The van der Waals surface area contributed by atoms with Gasteiger partial charge in [0, 0.05) is 24.0 Å². The van der Waals surface area contributed by atoms with Gasteiger partial charge in [-0.25, -0.2) is 9.18 Å². The summed E-state index contributed by atoms with van der Waals surface area (Å²) in [4.78, 5) is 27.0. The van der Waals surface area contributed by atoms with E-state index in [4.69, 9.17) is 17.0 Å². The molecule has 2 aromatic rings. The number of amides is 1. The van der Waals surface area contributed by atoms with Crippen LogP contribution in [-0.4, -0.2) is 35.5 Å². The average Bonchev–Trinajstić information content (AvgIpc) is 2.76. The molecule has 0 radical (unpaired) electrons. The fourth-order valence-corrected chi connectivity index (χ4v) is 3.52. The molecule has 1 atom stereocenters. The summed E-state index contributed by atoms with van der Waals surface area (Å²) in [5, 5.41) is 6.43. The van der Waals surface area contributed by atoms with Gasteiger partial charge in [-0.05, 0) is 61.0 Å². The molecular formula is C24H26FN3O3S. The Balaban J connectivity index is 1.82. The quantitative estimate of drug-likeness (QED) is 0.497. The topological polar surface area (TPSA) is 70.7 Å². The number of anilines is 1. The first-order chi connectivity index (χ1) is 15.2. The first kappa shape index (κ1) is 23.4. The van der Waals surface area contributed by atoms with Gasteiger partial charge < -0.3 is 20.3 Å². The maximum atomic E-state index is 13.4. The highest BCUT2D eigenvalue weighted by Gasteiger charge is 2.33. The molecule has 1 aliphatic rings. The molecule has 3 rings (SSSR count). The smallest absolute Gasteiger partial charge is 0.338 e. The van der Waals surface area contributed by atoms with E-state index < -0.39 is 23.7 Å². The predicted molar refractivity (Wildman–Crippen MR) is 126 cm³/mol. The summed E-state index contributed by atoms with van der Waals surface area (Å²) in [6, 6.07) is 12.1. The molecule has 1 amide bonds. The lowest BCUT2D eigenvalue weighted by molar-refractivity contribution is -0.140. The summed E-state index contributed by atoms with van der Waals surface area (Å²) >= 11 is 5.42. The number of halogens is 1. The van der Waals surface area contributed by atoms with Crippen LogP contribution in [0.15, 0.2) is 59.8 Å². The Hall–Kier alpha value is -3.26. The molecule has 8 heteroatoms. The number of thiocarbonyl (C=S) groups is 1. The van der Waals surface area contributed by atoms with Gasteiger partial charge in [-0.3, -0.25) is 4.79 Å². The van der Waals surface area contributed by atoms with Crippen LogP contribution in [0.3, 0.4) is 0 Å². The van der Waals surface area contributed by atoms with Gasteiger partial charge in [0.15, 0.2) is 5.11 Å². The molecule has 1 aliphatic heterocycles. The molecule has 168 valence electrons. The third-order valence-electron chi connectivity index (χ3n) is 5.11. The number of ether oxygens (including phenoxy) is 1. The van der Waals surface area contributed by atoms with Crippen LogP contribution in [-0.2, 0) is 9.53 Å². The Labute approximate surface area is 192 Å². The van der Waals surface area contributed by atoms with E-state index in [0.29, 0.717) is 23.0 Å². The van der Waals surface area contributed by atoms with Crippen LogP contribution in [0.25, 0.3) is 0 Å². The SMILES string of the molecule is CC1=C(C(=O)OCC(C)C)C(c2ccc(NC(=O)c3cccc(F)c3)cc2)NC(=S)N1C. The molecule has 0 aromatic heterocycles. The summed E-state index contributed by atoms with van der Waals surface area (Å²) in [6.45, 7) is 6.10. The largest absolute Gasteiger partial charge is 0.462 e. The highest BCUT2D eigenvalue weighted by atomic mass is 32.1. The zero-order chi connectivity index (χ0) is 23.4. The van der Waals surface area contributed by atoms with Gasteiger partial charge in [-0.1, -0.05) is 32.0 Å². The van der Waals surface area contributed by atoms with E-state index in [9.17, 15) is 14.0 Å². The molecule has 0 fully saturated rings. The van der Waals surface area contributed by atoms with E-state index >= 15 is 0 Å². The number of rotatable bonds is 6. The minimum Gasteiger partial charge on any atom is -0.462 e. The number of benzene rings is 2. The van der Waals surface area contributed by atoms with E-state index in [1.54, 1.807) is 42.3 Å². The van der Waals surface area contributed by atoms with Crippen molar-refractivity contribution in [3.05, 3.63) is 76.7 Å². The molecular weight excluding hydrogens is 429 g/mol. The van der Waals surface area contributed by atoms with Crippen molar-refractivity contribution in [3.63, 3.8) is 0 Å². The lowest BCUT2D eigenvalue weighted by Gasteiger charge is -2.35. The first-order valence-corrected chi connectivity index (χ1v) is 10.7. The van der Waals surface area contributed by atoms with Crippen molar-refractivity contribution in [3.8, 4) is 0 Å². The fraction of sp³-hybridized carbons (Fsp3) is 0.292. The molecule has 0 bridgehead atoms. The third-order valence-corrected chi connectivity index (χ3v) is 5.50. The van der Waals surface area contributed by atoms with Gasteiger partial charge in [0.2, 0.25) is 0 Å². The molecule has 6 nitrogen and oxygen atoms in total. The minimum atomic E-state index is -0.480. The highest BCUT2D eigenvalue weighted by Crippen LogP contribution is 2.31. The van der Waals surface area contributed by atoms with Crippen LogP contribution in [0.4, 0.5) is 10.1 Å². The number of esters is 1. The summed E-state index contributed by atoms with van der Waals surface area (Å²) in [7, 11) is 1.79. The van der Waals surface area contributed by atoms with Crippen LogP contribution in [0, 0.1) is 11.7 Å². The van der Waals surface area contributed by atoms with Gasteiger partial charge in [0.1, 0.15) is 5.82 Å². The van der Waals surface area contributed by atoms with Gasteiger partial charge in [0.25, 0.3) is 5.91 Å². The van der Waals surface area contributed by atoms with E-state index in [0.717, 1.165) is 11.3 Å². The standard InChI is InChI=1S/C24H26FN3O3S/c1-14(2)13-31-23(30)20-15(3)28(4)24(32)27-21(20)16-8-10-19(11-9-16)26-22(29)17-6-5-7-18(25)12-17/h5-12,14,21H,13H2,1-4H3,(H,26,29)(H,27,32). The molecule has 0 spiro atoms. The monoisotopic (exact) mass is 455 g/mol.